The molecule has 87 heavy (non-hydrogen) atoms. The number of aromatic amines is 2. The Hall–Kier alpha value is -8.71. The van der Waals surface area contributed by atoms with Gasteiger partial charge in [0.25, 0.3) is 0 Å². The van der Waals surface area contributed by atoms with E-state index in [9.17, 15) is 48.3 Å². The van der Waals surface area contributed by atoms with E-state index in [0.29, 0.717) is 53.4 Å². The van der Waals surface area contributed by atoms with Gasteiger partial charge in [0.05, 0.1) is 6.33 Å². The molecule has 2 aromatic heterocycles. The lowest BCUT2D eigenvalue weighted by atomic mass is 10.0. The Kier molecular flexibility index (Phi) is 26.2. The molecule has 0 bridgehead atoms. The molecule has 0 radical (unpaired) electrons. The van der Waals surface area contributed by atoms with Crippen molar-refractivity contribution in [3.8, 4) is 0 Å². The normalized spacial score (nSPS) is 22.5. The average molecular weight is 1240 g/mol. The number of amides is 10. The number of carboxylic acids is 1. The van der Waals surface area contributed by atoms with Gasteiger partial charge in [0.15, 0.2) is 5.96 Å². The van der Waals surface area contributed by atoms with Crippen molar-refractivity contribution in [2.45, 2.75) is 138 Å². The van der Waals surface area contributed by atoms with Crippen LogP contribution in [0.2, 0.25) is 0 Å². The van der Waals surface area contributed by atoms with Crippen LogP contribution in [0.5, 0.6) is 0 Å². The largest absolute Gasteiger partial charge is 0.481 e. The molecule has 2 fully saturated rings. The maximum absolute atomic E-state index is 15.2. The number of carbonyl (C=O) groups is 11. The first-order valence-electron chi connectivity index (χ1n) is 28.5. The fraction of sp³-hybridized carbons (Fsp3) is 0.482. The molecule has 0 spiro atoms. The maximum atomic E-state index is 15.2. The first-order valence-corrected chi connectivity index (χ1v) is 31.0. The number of H-pyrrole nitrogens is 2. The predicted octanol–water partition coefficient (Wildman–Crippen LogP) is -2.26. The average Bonchev–Trinajstić information content (AvgIpc) is 3.69. The third-order valence-corrected chi connectivity index (χ3v) is 16.8. The van der Waals surface area contributed by atoms with E-state index in [4.69, 9.17) is 22.9 Å². The summed E-state index contributed by atoms with van der Waals surface area (Å²) in [5, 5.41) is 32.0. The van der Waals surface area contributed by atoms with Gasteiger partial charge in [-0.05, 0) is 75.1 Å². The Morgan fingerprint density at radius 3 is 2.01 bits per heavy atom. The summed E-state index contributed by atoms with van der Waals surface area (Å²) < 4.78 is 0. The maximum Gasteiger partial charge on any atom is 0.303 e. The van der Waals surface area contributed by atoms with E-state index in [0.717, 1.165) is 28.5 Å². The number of nitrogens with zero attached hydrogens (tertiary/aromatic N) is 3. The van der Waals surface area contributed by atoms with Crippen LogP contribution in [0.4, 0.5) is 0 Å². The van der Waals surface area contributed by atoms with Gasteiger partial charge >= 0.3 is 5.97 Å². The summed E-state index contributed by atoms with van der Waals surface area (Å²) >= 11 is 0. The van der Waals surface area contributed by atoms with Crippen LogP contribution in [0.25, 0.3) is 10.9 Å². The van der Waals surface area contributed by atoms with Crippen LogP contribution in [0.1, 0.15) is 81.5 Å². The molecule has 19 N–H and O–H groups in total. The van der Waals surface area contributed by atoms with E-state index < -0.39 is 132 Å². The topological polar surface area (TPSA) is 468 Å². The zero-order valence-corrected chi connectivity index (χ0v) is 49.7. The van der Waals surface area contributed by atoms with E-state index in [1.807, 2.05) is 6.07 Å². The van der Waals surface area contributed by atoms with Crippen molar-refractivity contribution in [3.05, 3.63) is 90.1 Å². The molecule has 31 heteroatoms. The number of fused-ring (bicyclic) bond motifs is 1. The second-order valence-corrected chi connectivity index (χ2v) is 23.6. The lowest BCUT2D eigenvalue weighted by Gasteiger charge is -2.30. The van der Waals surface area contributed by atoms with Crippen molar-refractivity contribution in [2.24, 2.45) is 27.9 Å². The highest BCUT2D eigenvalue weighted by Crippen LogP contribution is 2.25. The number of para-hydroxylation sites is 1. The number of nitrogens with one attached hydrogen (secondary N) is 10. The van der Waals surface area contributed by atoms with Gasteiger partial charge in [-0.1, -0.05) is 70.1 Å². The highest BCUT2D eigenvalue weighted by Gasteiger charge is 2.39. The molecular formula is C56H77N17O12S2. The summed E-state index contributed by atoms with van der Waals surface area (Å²) in [6.45, 7) is 1.60. The molecule has 10 amide bonds. The number of carboxylic acid groups (broad SMARTS) is 1. The van der Waals surface area contributed by atoms with Crippen molar-refractivity contribution in [2.75, 3.05) is 31.1 Å². The molecule has 2 saturated heterocycles. The Morgan fingerprint density at radius 1 is 0.736 bits per heavy atom. The van der Waals surface area contributed by atoms with Gasteiger partial charge in [-0.3, -0.25) is 57.7 Å². The molecular weight excluding hydrogens is 1170 g/mol. The number of benzene rings is 2. The number of imidazole rings is 1. The van der Waals surface area contributed by atoms with Crippen molar-refractivity contribution >= 4 is 103 Å². The van der Waals surface area contributed by atoms with Gasteiger partial charge in [0, 0.05) is 86.2 Å². The molecule has 9 atom stereocenters. The Bertz CT molecular complexity index is 3070. The Balaban J connectivity index is 1.45. The number of aliphatic carboxylic acids is 1. The van der Waals surface area contributed by atoms with E-state index in [2.05, 4.69) is 62.5 Å². The van der Waals surface area contributed by atoms with E-state index in [-0.39, 0.29) is 75.6 Å². The molecule has 0 unspecified atom stereocenters. The highest BCUT2D eigenvalue weighted by atomic mass is 33.1. The number of aliphatic imine (C=N–C) groups is 1. The number of guanidine groups is 1. The van der Waals surface area contributed by atoms with Crippen molar-refractivity contribution in [3.63, 3.8) is 0 Å². The fourth-order valence-electron chi connectivity index (χ4n) is 9.95. The van der Waals surface area contributed by atoms with Gasteiger partial charge in [-0.15, -0.1) is 0 Å². The number of unbranched alkanes of at least 4 members (excludes halogenated alkanes) is 1. The lowest BCUT2D eigenvalue weighted by Crippen LogP contribution is -2.61. The minimum atomic E-state index is -1.62. The second-order valence-electron chi connectivity index (χ2n) is 21.0. The zero-order valence-electron chi connectivity index (χ0n) is 48.1. The van der Waals surface area contributed by atoms with Crippen LogP contribution >= 0.6 is 21.6 Å². The van der Waals surface area contributed by atoms with Gasteiger partial charge in [0.2, 0.25) is 59.1 Å². The quantitative estimate of drug-likeness (QED) is 0.0171. The molecule has 6 rings (SSSR count). The lowest BCUT2D eigenvalue weighted by molar-refractivity contribution is -0.141. The summed E-state index contributed by atoms with van der Waals surface area (Å²) in [6, 6.07) is 3.08. The summed E-state index contributed by atoms with van der Waals surface area (Å²) in [4.78, 5) is 170. The second kappa shape index (κ2) is 33.8. The van der Waals surface area contributed by atoms with Crippen molar-refractivity contribution in [1.29, 1.82) is 0 Å². The SMILES string of the molecule is CC(=O)N[C@H]1CSSC[C@@H](C(=O)N[C@@H](CCCCN)C(=O)N2CCC[C@@H]2C(N)=O)NC(=O)[C@H](Cc2c[nH]c3ccccc23)NC(=O)[C@@H](CCCN=C(N)N)NC(=O)[C@@H](Cc2ccccc2)NC(=O)[C@@H](Cc2cnc[nH]2)NC(=O)[C@H](CCC(=O)O)NC1=O. The molecule has 2 aliphatic rings. The predicted molar refractivity (Wildman–Crippen MR) is 324 cm³/mol. The van der Waals surface area contributed by atoms with Crippen molar-refractivity contribution < 1.29 is 57.8 Å². The minimum absolute atomic E-state index is 0.00298. The molecule has 0 aliphatic carbocycles. The van der Waals surface area contributed by atoms with E-state index in [1.165, 1.54) is 17.4 Å². The van der Waals surface area contributed by atoms with Crippen LogP contribution < -0.4 is 65.5 Å². The van der Waals surface area contributed by atoms with Crippen LogP contribution in [0.15, 0.2) is 78.3 Å². The smallest absolute Gasteiger partial charge is 0.303 e. The Morgan fingerprint density at radius 2 is 1.36 bits per heavy atom. The van der Waals surface area contributed by atoms with Gasteiger partial charge < -0.3 is 85.4 Å². The minimum Gasteiger partial charge on any atom is -0.481 e. The molecule has 4 heterocycles. The molecule has 4 aromatic rings. The van der Waals surface area contributed by atoms with Gasteiger partial charge in [-0.25, -0.2) is 4.98 Å². The third kappa shape index (κ3) is 21.0. The zero-order chi connectivity index (χ0) is 63.0. The molecule has 2 aromatic carbocycles. The first kappa shape index (κ1) is 67.4. The number of nitrogens with two attached hydrogens (primary N) is 4. The summed E-state index contributed by atoms with van der Waals surface area (Å²) in [7, 11) is 1.94. The van der Waals surface area contributed by atoms with E-state index >= 15 is 9.59 Å². The van der Waals surface area contributed by atoms with Gasteiger partial charge in [0.1, 0.15) is 54.4 Å². The first-order chi connectivity index (χ1) is 41.7. The molecule has 2 aliphatic heterocycles. The molecule has 470 valence electrons. The van der Waals surface area contributed by atoms with Crippen LogP contribution in [-0.4, -0.2) is 181 Å². The fourth-order valence-corrected chi connectivity index (χ4v) is 12.3. The number of likely N-dealkylation sites (tertiary alicyclic amines) is 1. The monoisotopic (exact) mass is 1240 g/mol. The number of carbonyl (C=O) groups excluding carboxylic acids is 10. The number of primary amides is 1. The van der Waals surface area contributed by atoms with E-state index in [1.54, 1.807) is 54.7 Å². The Labute approximate surface area is 509 Å². The summed E-state index contributed by atoms with van der Waals surface area (Å²) in [5.74, 6) is -10.4. The summed E-state index contributed by atoms with van der Waals surface area (Å²) in [6.07, 6.45) is 4.35. The number of aromatic nitrogens is 3. The third-order valence-electron chi connectivity index (χ3n) is 14.4. The number of hydrogen-bond donors (Lipinski definition) is 15. The molecule has 29 nitrogen and oxygen atoms in total. The van der Waals surface area contributed by atoms with Crippen LogP contribution in [0, 0.1) is 0 Å². The number of rotatable bonds is 22. The van der Waals surface area contributed by atoms with Gasteiger partial charge in [-0.2, -0.15) is 0 Å². The molecule has 0 saturated carbocycles. The summed E-state index contributed by atoms with van der Waals surface area (Å²) in [5.41, 5.74) is 25.0. The number of hydrogen-bond acceptors (Lipinski definition) is 16. The standard InChI is InChI=1S/C56H77N17O12S2/c1-31(74)65-43-28-86-87-29-44(54(84)68-39(15-7-8-20-57)55(85)73-22-10-17-45(73)47(58)77)72-51(81)41(24-33-26-63-36-14-6-5-13-35(33)36)70-48(78)37(16-9-21-62-56(59)60)66-50(80)40(23-32-11-3-2-4-12-32)69-52(82)42(25-34-27-61-30-64-34)71-49(79)38(67-53(43)83)18-19-46(75)76/h2-6,11-14,26-27,30,37-45,63H,7-10,15-25,28-29,57H2,1H3,(H2,58,77)(H,61,64)(H,65,74)(H,66,80)(H,67,83)(H,68,84)(H,69,82)(H,70,78)(H,71,79)(H,72,81)(H,75,76)(H4,59,60,62)/t37-,38+,39+,40-,41+,42-,43+,44+,45-/m1/s1. The highest BCUT2D eigenvalue weighted by molar-refractivity contribution is 8.76. The van der Waals surface area contributed by atoms with Crippen molar-refractivity contribution in [1.82, 2.24) is 62.4 Å². The van der Waals surface area contributed by atoms with Crippen LogP contribution in [-0.2, 0) is 72.0 Å². The van der Waals surface area contributed by atoms with Crippen LogP contribution in [0.3, 0.4) is 0 Å².